The molecule has 1 aliphatic rings. The van der Waals surface area contributed by atoms with Gasteiger partial charge in [-0.05, 0) is 46.8 Å². The molecular weight excluding hydrogens is 246 g/mol. The standard InChI is InChI=1S/C10H10BrNO2/c11-7-2-1-5-12-9(7)8(10(13)14)6-3-4-6/h1-2,5-6,8H,3-4H2,(H,13,14). The van der Waals surface area contributed by atoms with Gasteiger partial charge in [0.15, 0.2) is 0 Å². The Morgan fingerprint density at radius 1 is 1.64 bits per heavy atom. The molecule has 0 aromatic carbocycles. The zero-order chi connectivity index (χ0) is 10.1. The Hall–Kier alpha value is -0.900. The van der Waals surface area contributed by atoms with E-state index in [-0.39, 0.29) is 5.92 Å². The highest BCUT2D eigenvalue weighted by Gasteiger charge is 2.39. The molecule has 2 rings (SSSR count). The van der Waals surface area contributed by atoms with E-state index in [4.69, 9.17) is 5.11 Å². The minimum Gasteiger partial charge on any atom is -0.481 e. The molecule has 1 N–H and O–H groups in total. The van der Waals surface area contributed by atoms with Crippen molar-refractivity contribution in [3.05, 3.63) is 28.5 Å². The molecule has 1 aliphatic carbocycles. The maximum absolute atomic E-state index is 11.1. The first kappa shape index (κ1) is 9.65. The summed E-state index contributed by atoms with van der Waals surface area (Å²) in [6.07, 6.45) is 3.64. The van der Waals surface area contributed by atoms with Crippen molar-refractivity contribution >= 4 is 21.9 Å². The fraction of sp³-hybridized carbons (Fsp3) is 0.400. The third-order valence-electron chi connectivity index (χ3n) is 2.44. The van der Waals surface area contributed by atoms with Crippen LogP contribution in [0, 0.1) is 5.92 Å². The molecule has 1 heterocycles. The maximum atomic E-state index is 11.1. The third kappa shape index (κ3) is 1.80. The Bertz CT molecular complexity index is 363. The number of hydrogen-bond donors (Lipinski definition) is 1. The lowest BCUT2D eigenvalue weighted by Crippen LogP contribution is -2.15. The van der Waals surface area contributed by atoms with E-state index in [1.54, 1.807) is 12.3 Å². The number of carbonyl (C=O) groups is 1. The van der Waals surface area contributed by atoms with E-state index >= 15 is 0 Å². The minimum atomic E-state index is -0.771. The van der Waals surface area contributed by atoms with E-state index in [1.165, 1.54) is 0 Å². The Kier molecular flexibility index (Phi) is 2.54. The highest BCUT2D eigenvalue weighted by molar-refractivity contribution is 9.10. The van der Waals surface area contributed by atoms with Gasteiger partial charge in [-0.3, -0.25) is 9.78 Å². The fourth-order valence-corrected chi connectivity index (χ4v) is 2.10. The average Bonchev–Trinajstić information content (AvgIpc) is 2.92. The summed E-state index contributed by atoms with van der Waals surface area (Å²) in [6, 6.07) is 3.63. The second kappa shape index (κ2) is 3.69. The van der Waals surface area contributed by atoms with Gasteiger partial charge in [0.25, 0.3) is 0 Å². The van der Waals surface area contributed by atoms with Crippen LogP contribution in [0.15, 0.2) is 22.8 Å². The lowest BCUT2D eigenvalue weighted by Gasteiger charge is -2.11. The zero-order valence-electron chi connectivity index (χ0n) is 7.48. The first-order valence-corrected chi connectivity index (χ1v) is 5.32. The van der Waals surface area contributed by atoms with Gasteiger partial charge in [-0.2, -0.15) is 0 Å². The summed E-state index contributed by atoms with van der Waals surface area (Å²) in [4.78, 5) is 15.2. The third-order valence-corrected chi connectivity index (χ3v) is 3.11. The SMILES string of the molecule is O=C(O)C(c1ncccc1Br)C1CC1. The molecule has 1 aromatic rings. The summed E-state index contributed by atoms with van der Waals surface area (Å²) in [5, 5.41) is 9.10. The normalized spacial score (nSPS) is 17.8. The van der Waals surface area contributed by atoms with Gasteiger partial charge >= 0.3 is 5.97 Å². The second-order valence-corrected chi connectivity index (χ2v) is 4.38. The molecule has 0 radical (unpaired) electrons. The number of hydrogen-bond acceptors (Lipinski definition) is 2. The Morgan fingerprint density at radius 3 is 2.86 bits per heavy atom. The van der Waals surface area contributed by atoms with Crippen LogP contribution in [0.1, 0.15) is 24.5 Å². The van der Waals surface area contributed by atoms with Crippen LogP contribution in [0.4, 0.5) is 0 Å². The lowest BCUT2D eigenvalue weighted by molar-refractivity contribution is -0.139. The van der Waals surface area contributed by atoms with Crippen LogP contribution in [-0.2, 0) is 4.79 Å². The van der Waals surface area contributed by atoms with E-state index < -0.39 is 11.9 Å². The number of nitrogens with zero attached hydrogens (tertiary/aromatic N) is 1. The van der Waals surface area contributed by atoms with E-state index in [1.807, 2.05) is 6.07 Å². The molecule has 0 spiro atoms. The smallest absolute Gasteiger partial charge is 0.312 e. The van der Waals surface area contributed by atoms with Gasteiger partial charge < -0.3 is 5.11 Å². The molecule has 4 heteroatoms. The van der Waals surface area contributed by atoms with Crippen LogP contribution in [0.3, 0.4) is 0 Å². The van der Waals surface area contributed by atoms with Crippen LogP contribution in [-0.4, -0.2) is 16.1 Å². The molecule has 14 heavy (non-hydrogen) atoms. The maximum Gasteiger partial charge on any atom is 0.312 e. The lowest BCUT2D eigenvalue weighted by atomic mass is 9.99. The second-order valence-electron chi connectivity index (χ2n) is 3.52. The molecule has 1 atom stereocenters. The summed E-state index contributed by atoms with van der Waals surface area (Å²) < 4.78 is 0.791. The van der Waals surface area contributed by atoms with Crippen LogP contribution in [0.25, 0.3) is 0 Å². The van der Waals surface area contributed by atoms with Crippen LogP contribution in [0.2, 0.25) is 0 Å². The molecule has 3 nitrogen and oxygen atoms in total. The van der Waals surface area contributed by atoms with Crippen molar-refractivity contribution in [2.24, 2.45) is 5.92 Å². The topological polar surface area (TPSA) is 50.2 Å². The number of carboxylic acid groups (broad SMARTS) is 1. The van der Waals surface area contributed by atoms with Gasteiger partial charge in [-0.15, -0.1) is 0 Å². The Balaban J connectivity index is 2.35. The highest BCUT2D eigenvalue weighted by Crippen LogP contribution is 2.43. The van der Waals surface area contributed by atoms with Crippen LogP contribution in [0.5, 0.6) is 0 Å². The van der Waals surface area contributed by atoms with Gasteiger partial charge in [-0.1, -0.05) is 0 Å². The summed E-state index contributed by atoms with van der Waals surface area (Å²) >= 11 is 3.34. The molecule has 0 bridgehead atoms. The van der Waals surface area contributed by atoms with E-state index in [2.05, 4.69) is 20.9 Å². The van der Waals surface area contributed by atoms with Gasteiger partial charge in [0.1, 0.15) is 5.92 Å². The van der Waals surface area contributed by atoms with Gasteiger partial charge in [-0.25, -0.2) is 0 Å². The van der Waals surface area contributed by atoms with Crippen molar-refractivity contribution < 1.29 is 9.90 Å². The molecule has 1 unspecified atom stereocenters. The van der Waals surface area contributed by atoms with Crippen molar-refractivity contribution in [2.45, 2.75) is 18.8 Å². The van der Waals surface area contributed by atoms with Crippen molar-refractivity contribution in [3.63, 3.8) is 0 Å². The molecule has 1 aromatic heterocycles. The van der Waals surface area contributed by atoms with Crippen molar-refractivity contribution in [1.29, 1.82) is 0 Å². The number of halogens is 1. The van der Waals surface area contributed by atoms with Crippen molar-refractivity contribution in [2.75, 3.05) is 0 Å². The first-order chi connectivity index (χ1) is 6.70. The number of carboxylic acids is 1. The zero-order valence-corrected chi connectivity index (χ0v) is 9.07. The molecule has 0 saturated heterocycles. The summed E-state index contributed by atoms with van der Waals surface area (Å²) in [7, 11) is 0. The molecule has 0 amide bonds. The van der Waals surface area contributed by atoms with Gasteiger partial charge in [0.05, 0.1) is 5.69 Å². The average molecular weight is 256 g/mol. The van der Waals surface area contributed by atoms with E-state index in [0.29, 0.717) is 5.69 Å². The predicted molar refractivity (Wildman–Crippen MR) is 55.0 cm³/mol. The number of aliphatic carboxylic acids is 1. The largest absolute Gasteiger partial charge is 0.481 e. The summed E-state index contributed by atoms with van der Waals surface area (Å²) in [5.41, 5.74) is 0.655. The van der Waals surface area contributed by atoms with Gasteiger partial charge in [0, 0.05) is 10.7 Å². The molecule has 1 fully saturated rings. The Morgan fingerprint density at radius 2 is 2.36 bits per heavy atom. The highest BCUT2D eigenvalue weighted by atomic mass is 79.9. The predicted octanol–water partition coefficient (Wildman–Crippen LogP) is 2.42. The number of rotatable bonds is 3. The molecule has 74 valence electrons. The monoisotopic (exact) mass is 255 g/mol. The van der Waals surface area contributed by atoms with Crippen molar-refractivity contribution in [3.8, 4) is 0 Å². The van der Waals surface area contributed by atoms with E-state index in [9.17, 15) is 4.79 Å². The number of aromatic nitrogens is 1. The quantitative estimate of drug-likeness (QED) is 0.903. The van der Waals surface area contributed by atoms with Gasteiger partial charge in [0.2, 0.25) is 0 Å². The molecule has 1 saturated carbocycles. The first-order valence-electron chi connectivity index (χ1n) is 4.53. The van der Waals surface area contributed by atoms with Crippen molar-refractivity contribution in [1.82, 2.24) is 4.98 Å². The number of pyridine rings is 1. The molecule has 0 aliphatic heterocycles. The Labute approximate surface area is 90.3 Å². The van der Waals surface area contributed by atoms with Crippen LogP contribution < -0.4 is 0 Å². The van der Waals surface area contributed by atoms with E-state index in [0.717, 1.165) is 17.3 Å². The summed E-state index contributed by atoms with van der Waals surface area (Å²) in [5.74, 6) is -0.934. The summed E-state index contributed by atoms with van der Waals surface area (Å²) in [6.45, 7) is 0. The fourth-order valence-electron chi connectivity index (χ4n) is 1.60. The van der Waals surface area contributed by atoms with Crippen LogP contribution >= 0.6 is 15.9 Å². The minimum absolute atomic E-state index is 0.277. The molecular formula is C10H10BrNO2.